The van der Waals surface area contributed by atoms with Crippen LogP contribution in [-0.2, 0) is 7.05 Å². The predicted molar refractivity (Wildman–Crippen MR) is 87.3 cm³/mol. The molecule has 23 heavy (non-hydrogen) atoms. The number of aliphatic hydroxyl groups excluding tert-OH is 1. The fourth-order valence-electron chi connectivity index (χ4n) is 2.61. The Bertz CT molecular complexity index is 817. The minimum Gasteiger partial charge on any atom is -0.508 e. The van der Waals surface area contributed by atoms with E-state index >= 15 is 0 Å². The molecule has 7 nitrogen and oxygen atoms in total. The van der Waals surface area contributed by atoms with Gasteiger partial charge in [0.1, 0.15) is 17.9 Å². The van der Waals surface area contributed by atoms with Gasteiger partial charge in [0.05, 0.1) is 17.7 Å². The number of phenolic OH excluding ortho intramolecular Hbond substituents is 1. The van der Waals surface area contributed by atoms with E-state index in [1.807, 2.05) is 18.9 Å². The molecule has 3 aromatic rings. The van der Waals surface area contributed by atoms with E-state index in [-0.39, 0.29) is 5.75 Å². The summed E-state index contributed by atoms with van der Waals surface area (Å²) in [6, 6.07) is 6.65. The highest BCUT2D eigenvalue weighted by atomic mass is 16.3. The van der Waals surface area contributed by atoms with E-state index in [9.17, 15) is 10.2 Å². The third-order valence-electron chi connectivity index (χ3n) is 3.84. The van der Waals surface area contributed by atoms with Crippen molar-refractivity contribution in [1.82, 2.24) is 19.7 Å². The van der Waals surface area contributed by atoms with Gasteiger partial charge in [-0.3, -0.25) is 4.68 Å². The molecular formula is C16H19N5O2. The van der Waals surface area contributed by atoms with Gasteiger partial charge in [-0.15, -0.1) is 0 Å². The maximum Gasteiger partial charge on any atom is 0.163 e. The van der Waals surface area contributed by atoms with Gasteiger partial charge in [-0.1, -0.05) is 12.1 Å². The molecular weight excluding hydrogens is 294 g/mol. The normalized spacial score (nSPS) is 12.5. The Kier molecular flexibility index (Phi) is 4.12. The van der Waals surface area contributed by atoms with Crippen molar-refractivity contribution in [1.29, 1.82) is 0 Å². The van der Waals surface area contributed by atoms with Crippen molar-refractivity contribution >= 4 is 16.9 Å². The summed E-state index contributed by atoms with van der Waals surface area (Å²) in [5, 5.41) is 25.1. The lowest BCUT2D eigenvalue weighted by Gasteiger charge is -2.25. The third kappa shape index (κ3) is 2.95. The number of hydrogen-bond donors (Lipinski definition) is 2. The summed E-state index contributed by atoms with van der Waals surface area (Å²) in [5.41, 5.74) is 1.42. The molecule has 0 radical (unpaired) electrons. The number of benzene rings is 1. The van der Waals surface area contributed by atoms with Crippen LogP contribution in [0.15, 0.2) is 36.8 Å². The quantitative estimate of drug-likeness (QED) is 0.744. The average Bonchev–Trinajstić information content (AvgIpc) is 2.94. The van der Waals surface area contributed by atoms with Gasteiger partial charge >= 0.3 is 0 Å². The van der Waals surface area contributed by atoms with Crippen molar-refractivity contribution in [2.45, 2.75) is 13.0 Å². The van der Waals surface area contributed by atoms with E-state index in [0.717, 1.165) is 16.9 Å². The van der Waals surface area contributed by atoms with Gasteiger partial charge in [-0.2, -0.15) is 5.10 Å². The number of aryl methyl sites for hydroxylation is 1. The number of likely N-dealkylation sites (N-methyl/N-ethyl adjacent to an activating group) is 1. The first-order valence-electron chi connectivity index (χ1n) is 7.44. The summed E-state index contributed by atoms with van der Waals surface area (Å²) < 4.78 is 1.69. The summed E-state index contributed by atoms with van der Waals surface area (Å²) in [5.74, 6) is 0.881. The fraction of sp³-hybridized carbons (Fsp3) is 0.312. The monoisotopic (exact) mass is 313 g/mol. The molecule has 0 aliphatic carbocycles. The molecule has 0 saturated heterocycles. The number of hydrogen-bond acceptors (Lipinski definition) is 6. The standard InChI is InChI=1S/C16H19N5O2/c1-3-21(9-14(23)11-5-4-6-12(22)7-11)16-13-8-19-20(2)15(13)17-10-18-16/h4-8,10,14,22-23H,3,9H2,1-2H3/t14-/m1/s1. The van der Waals surface area contributed by atoms with Crippen LogP contribution in [0.2, 0.25) is 0 Å². The average molecular weight is 313 g/mol. The van der Waals surface area contributed by atoms with Gasteiger partial charge in [0.2, 0.25) is 0 Å². The molecule has 0 saturated carbocycles. The number of aromatic nitrogens is 4. The molecule has 0 aliphatic heterocycles. The largest absolute Gasteiger partial charge is 0.508 e. The van der Waals surface area contributed by atoms with Gasteiger partial charge in [0.15, 0.2) is 5.65 Å². The first kappa shape index (κ1) is 15.2. The second kappa shape index (κ2) is 6.21. The Labute approximate surface area is 133 Å². The van der Waals surface area contributed by atoms with E-state index in [2.05, 4.69) is 15.1 Å². The molecule has 0 amide bonds. The van der Waals surface area contributed by atoms with Crippen molar-refractivity contribution in [2.75, 3.05) is 18.0 Å². The van der Waals surface area contributed by atoms with Gasteiger partial charge < -0.3 is 15.1 Å². The summed E-state index contributed by atoms with van der Waals surface area (Å²) in [6.07, 6.45) is 2.50. The molecule has 0 aliphatic rings. The van der Waals surface area contributed by atoms with Crippen LogP contribution in [0.1, 0.15) is 18.6 Å². The minimum absolute atomic E-state index is 0.140. The fourth-order valence-corrected chi connectivity index (χ4v) is 2.61. The van der Waals surface area contributed by atoms with E-state index in [1.165, 1.54) is 6.33 Å². The Morgan fingerprint density at radius 3 is 2.87 bits per heavy atom. The number of rotatable bonds is 5. The highest BCUT2D eigenvalue weighted by molar-refractivity contribution is 5.86. The molecule has 3 rings (SSSR count). The lowest BCUT2D eigenvalue weighted by atomic mass is 10.1. The molecule has 0 unspecified atom stereocenters. The SMILES string of the molecule is CCN(C[C@@H](O)c1cccc(O)c1)c1ncnc2c1cnn2C. The van der Waals surface area contributed by atoms with Gasteiger partial charge in [0.25, 0.3) is 0 Å². The Balaban J connectivity index is 1.90. The van der Waals surface area contributed by atoms with Crippen molar-refractivity contribution in [2.24, 2.45) is 7.05 Å². The molecule has 2 N–H and O–H groups in total. The zero-order valence-electron chi connectivity index (χ0n) is 13.1. The van der Waals surface area contributed by atoms with Crippen molar-refractivity contribution < 1.29 is 10.2 Å². The highest BCUT2D eigenvalue weighted by Crippen LogP contribution is 2.25. The Morgan fingerprint density at radius 1 is 1.30 bits per heavy atom. The topological polar surface area (TPSA) is 87.3 Å². The number of aromatic hydroxyl groups is 1. The van der Waals surface area contributed by atoms with E-state index in [1.54, 1.807) is 35.1 Å². The van der Waals surface area contributed by atoms with Crippen LogP contribution in [0, 0.1) is 0 Å². The number of nitrogens with zero attached hydrogens (tertiary/aromatic N) is 5. The molecule has 2 heterocycles. The van der Waals surface area contributed by atoms with Gasteiger partial charge in [-0.25, -0.2) is 9.97 Å². The second-order valence-electron chi connectivity index (χ2n) is 5.35. The molecule has 7 heteroatoms. The first-order chi connectivity index (χ1) is 11.1. The lowest BCUT2D eigenvalue weighted by molar-refractivity contribution is 0.183. The molecule has 1 atom stereocenters. The molecule has 0 fully saturated rings. The van der Waals surface area contributed by atoms with Crippen LogP contribution in [0.5, 0.6) is 5.75 Å². The minimum atomic E-state index is -0.733. The Morgan fingerprint density at radius 2 is 2.13 bits per heavy atom. The van der Waals surface area contributed by atoms with Gasteiger partial charge in [-0.05, 0) is 24.6 Å². The van der Waals surface area contributed by atoms with E-state index in [4.69, 9.17) is 0 Å². The van der Waals surface area contributed by atoms with Crippen LogP contribution >= 0.6 is 0 Å². The second-order valence-corrected chi connectivity index (χ2v) is 5.35. The van der Waals surface area contributed by atoms with Crippen LogP contribution in [-0.4, -0.2) is 43.1 Å². The maximum atomic E-state index is 10.5. The third-order valence-corrected chi connectivity index (χ3v) is 3.84. The molecule has 1 aromatic carbocycles. The number of anilines is 1. The first-order valence-corrected chi connectivity index (χ1v) is 7.44. The van der Waals surface area contributed by atoms with E-state index < -0.39 is 6.10 Å². The van der Waals surface area contributed by atoms with Crippen LogP contribution < -0.4 is 4.90 Å². The molecule has 2 aromatic heterocycles. The zero-order chi connectivity index (χ0) is 16.4. The summed E-state index contributed by atoms with van der Waals surface area (Å²) in [7, 11) is 1.83. The number of phenols is 1. The van der Waals surface area contributed by atoms with Gasteiger partial charge in [0, 0.05) is 20.1 Å². The van der Waals surface area contributed by atoms with Crippen LogP contribution in [0.4, 0.5) is 5.82 Å². The predicted octanol–water partition coefficient (Wildman–Crippen LogP) is 1.63. The van der Waals surface area contributed by atoms with Crippen LogP contribution in [0.3, 0.4) is 0 Å². The maximum absolute atomic E-state index is 10.5. The van der Waals surface area contributed by atoms with Crippen LogP contribution in [0.25, 0.3) is 11.0 Å². The van der Waals surface area contributed by atoms with Crippen molar-refractivity contribution in [3.63, 3.8) is 0 Å². The number of aliphatic hydroxyl groups is 1. The molecule has 120 valence electrons. The van der Waals surface area contributed by atoms with Crippen molar-refractivity contribution in [3.05, 3.63) is 42.4 Å². The molecule has 0 spiro atoms. The zero-order valence-corrected chi connectivity index (χ0v) is 13.1. The summed E-state index contributed by atoms with van der Waals surface area (Å²) in [6.45, 7) is 3.04. The number of fused-ring (bicyclic) bond motifs is 1. The lowest BCUT2D eigenvalue weighted by Crippen LogP contribution is -2.29. The smallest absolute Gasteiger partial charge is 0.163 e. The molecule has 0 bridgehead atoms. The summed E-state index contributed by atoms with van der Waals surface area (Å²) in [4.78, 5) is 10.6. The highest BCUT2D eigenvalue weighted by Gasteiger charge is 2.18. The summed E-state index contributed by atoms with van der Waals surface area (Å²) >= 11 is 0. The van der Waals surface area contributed by atoms with E-state index in [0.29, 0.717) is 18.7 Å². The Hall–Kier alpha value is -2.67. The van der Waals surface area contributed by atoms with Crippen molar-refractivity contribution in [3.8, 4) is 5.75 Å².